The Morgan fingerprint density at radius 2 is 2.00 bits per heavy atom. The Hall–Kier alpha value is -1.25. The molecular weight excluding hydrogens is 240 g/mol. The van der Waals surface area contributed by atoms with Crippen LogP contribution in [0.1, 0.15) is 5.56 Å². The van der Waals surface area contributed by atoms with Gasteiger partial charge in [0, 0.05) is 6.07 Å². The van der Waals surface area contributed by atoms with E-state index < -0.39 is 31.1 Å². The monoisotopic (exact) mass is 250 g/mol. The van der Waals surface area contributed by atoms with Crippen LogP contribution in [0.15, 0.2) is 18.2 Å². The van der Waals surface area contributed by atoms with Crippen LogP contribution in [0.5, 0.6) is 5.75 Å². The van der Waals surface area contributed by atoms with Crippen molar-refractivity contribution in [1.82, 2.24) is 0 Å². The van der Waals surface area contributed by atoms with Gasteiger partial charge in [0.2, 0.25) is 0 Å². The van der Waals surface area contributed by atoms with Crippen LogP contribution in [0.4, 0.5) is 13.2 Å². The van der Waals surface area contributed by atoms with E-state index in [1.807, 2.05) is 0 Å². The van der Waals surface area contributed by atoms with Crippen LogP contribution in [0.25, 0.3) is 0 Å². The molecule has 94 valence electrons. The molecule has 0 aromatic heterocycles. The molecule has 1 aromatic rings. The largest absolute Gasteiger partial charge is 0.497 e. The zero-order valence-electron chi connectivity index (χ0n) is 8.86. The van der Waals surface area contributed by atoms with Gasteiger partial charge in [-0.2, -0.15) is 8.78 Å². The molecule has 0 saturated carbocycles. The molecular formula is C9H10BF3O4. The van der Waals surface area contributed by atoms with E-state index in [0.29, 0.717) is 0 Å². The van der Waals surface area contributed by atoms with Crippen LogP contribution < -0.4 is 4.74 Å². The third kappa shape index (κ3) is 3.62. The number of methoxy groups -OCH3 is 1. The predicted molar refractivity (Wildman–Crippen MR) is 53.0 cm³/mol. The fourth-order valence-electron chi connectivity index (χ4n) is 1.12. The molecule has 0 amide bonds. The number of halogens is 3. The molecule has 0 heterocycles. The van der Waals surface area contributed by atoms with Gasteiger partial charge in [-0.3, -0.25) is 0 Å². The van der Waals surface area contributed by atoms with Crippen molar-refractivity contribution in [3.8, 4) is 5.75 Å². The van der Waals surface area contributed by atoms with Gasteiger partial charge in [-0.25, -0.2) is 4.39 Å². The normalized spacial score (nSPS) is 11.4. The second-order valence-corrected chi connectivity index (χ2v) is 3.15. The Balaban J connectivity index is 2.90. The summed E-state index contributed by atoms with van der Waals surface area (Å²) in [7, 11) is -0.784. The zero-order valence-corrected chi connectivity index (χ0v) is 8.86. The smallest absolute Gasteiger partial charge is 0.479 e. The molecule has 1 rings (SSSR count). The van der Waals surface area contributed by atoms with Crippen LogP contribution in [-0.2, 0) is 10.8 Å². The minimum absolute atomic E-state index is 0.0873. The lowest BCUT2D eigenvalue weighted by molar-refractivity contribution is -0.242. The van der Waals surface area contributed by atoms with Gasteiger partial charge in [0.25, 0.3) is 0 Å². The molecule has 0 bridgehead atoms. The van der Waals surface area contributed by atoms with Crippen LogP contribution in [0, 0.1) is 5.82 Å². The number of hydrogen-bond donors (Lipinski definition) is 2. The van der Waals surface area contributed by atoms with Crippen LogP contribution in [-0.4, -0.2) is 30.8 Å². The van der Waals surface area contributed by atoms with Crippen LogP contribution in [0.2, 0.25) is 0 Å². The van der Waals surface area contributed by atoms with Gasteiger partial charge < -0.3 is 19.5 Å². The molecule has 1 aromatic carbocycles. The topological polar surface area (TPSA) is 58.9 Å². The van der Waals surface area contributed by atoms with E-state index in [0.717, 1.165) is 18.2 Å². The second kappa shape index (κ2) is 5.39. The van der Waals surface area contributed by atoms with Crippen molar-refractivity contribution in [3.63, 3.8) is 0 Å². The summed E-state index contributed by atoms with van der Waals surface area (Å²) in [6.45, 7) is -1.03. The van der Waals surface area contributed by atoms with Gasteiger partial charge in [0.15, 0.2) is 0 Å². The Morgan fingerprint density at radius 3 is 2.47 bits per heavy atom. The van der Waals surface area contributed by atoms with Gasteiger partial charge >= 0.3 is 13.2 Å². The molecule has 0 aliphatic carbocycles. The van der Waals surface area contributed by atoms with Gasteiger partial charge in [0.1, 0.15) is 11.6 Å². The minimum Gasteiger partial charge on any atom is -0.497 e. The summed E-state index contributed by atoms with van der Waals surface area (Å²) in [6.07, 6.45) is -3.94. The van der Waals surface area contributed by atoms with E-state index in [-0.39, 0.29) is 5.75 Å². The fraction of sp³-hybridized carbons (Fsp3) is 0.333. The van der Waals surface area contributed by atoms with E-state index in [1.165, 1.54) is 7.11 Å². The molecule has 4 nitrogen and oxygen atoms in total. The van der Waals surface area contributed by atoms with Crippen molar-refractivity contribution >= 4 is 7.12 Å². The van der Waals surface area contributed by atoms with Crippen LogP contribution in [0.3, 0.4) is 0 Å². The van der Waals surface area contributed by atoms with E-state index in [4.69, 9.17) is 10.0 Å². The van der Waals surface area contributed by atoms with Crippen molar-refractivity contribution in [1.29, 1.82) is 0 Å². The summed E-state index contributed by atoms with van der Waals surface area (Å²) in [5, 5.41) is 16.8. The maximum Gasteiger partial charge on any atom is 0.479 e. The van der Waals surface area contributed by atoms with Crippen LogP contribution >= 0.6 is 0 Å². The number of hydrogen-bond acceptors (Lipinski definition) is 4. The molecule has 0 aliphatic heterocycles. The predicted octanol–water partition coefficient (Wildman–Crippen LogP) is 0.912. The molecule has 0 atom stereocenters. The van der Waals surface area contributed by atoms with E-state index in [2.05, 4.69) is 9.47 Å². The van der Waals surface area contributed by atoms with Gasteiger partial charge in [-0.1, -0.05) is 0 Å². The van der Waals surface area contributed by atoms with Crippen molar-refractivity contribution < 1.29 is 32.7 Å². The highest BCUT2D eigenvalue weighted by molar-refractivity contribution is 6.40. The summed E-state index contributed by atoms with van der Waals surface area (Å²) >= 11 is 0. The highest BCUT2D eigenvalue weighted by Gasteiger charge is 2.37. The molecule has 0 aliphatic rings. The SMILES string of the molecule is COc1ccc(C(F)(F)OCB(O)O)c(F)c1. The molecule has 8 heteroatoms. The van der Waals surface area contributed by atoms with E-state index in [9.17, 15) is 13.2 Å². The highest BCUT2D eigenvalue weighted by Crippen LogP contribution is 2.32. The van der Waals surface area contributed by atoms with Gasteiger partial charge in [-0.15, -0.1) is 0 Å². The van der Waals surface area contributed by atoms with Gasteiger partial charge in [-0.05, 0) is 12.1 Å². The maximum atomic E-state index is 13.3. The molecule has 0 radical (unpaired) electrons. The van der Waals surface area contributed by atoms with E-state index >= 15 is 0 Å². The zero-order chi connectivity index (χ0) is 13.1. The lowest BCUT2D eigenvalue weighted by atomic mass is 9.95. The first-order valence-corrected chi connectivity index (χ1v) is 4.58. The van der Waals surface area contributed by atoms with Crippen molar-refractivity contribution in [2.24, 2.45) is 0 Å². The quantitative estimate of drug-likeness (QED) is 0.762. The highest BCUT2D eigenvalue weighted by atomic mass is 19.3. The third-order valence-electron chi connectivity index (χ3n) is 1.90. The lowest BCUT2D eigenvalue weighted by Crippen LogP contribution is -2.28. The number of benzene rings is 1. The number of alkyl halides is 2. The number of rotatable bonds is 5. The fourth-order valence-corrected chi connectivity index (χ4v) is 1.12. The summed E-state index contributed by atoms with van der Waals surface area (Å²) in [5.74, 6) is -1.12. The van der Waals surface area contributed by atoms with Crippen molar-refractivity contribution in [2.75, 3.05) is 13.6 Å². The van der Waals surface area contributed by atoms with Crippen molar-refractivity contribution in [3.05, 3.63) is 29.6 Å². The summed E-state index contributed by atoms with van der Waals surface area (Å²) < 4.78 is 48.4. The summed E-state index contributed by atoms with van der Waals surface area (Å²) in [5.41, 5.74) is -1.00. The Labute approximate surface area is 95.7 Å². The summed E-state index contributed by atoms with van der Waals surface area (Å²) in [6, 6.07) is 2.73. The summed E-state index contributed by atoms with van der Waals surface area (Å²) in [4.78, 5) is 0. The standard InChI is InChI=1S/C9H10BF3O4/c1-16-6-2-3-7(8(11)4-6)9(12,13)17-5-10(14)15/h2-4,14-15H,5H2,1H3. The Bertz CT molecular complexity index is 387. The molecule has 2 N–H and O–H groups in total. The average molecular weight is 250 g/mol. The first-order chi connectivity index (χ1) is 7.86. The Morgan fingerprint density at radius 1 is 1.35 bits per heavy atom. The van der Waals surface area contributed by atoms with Crippen molar-refractivity contribution in [2.45, 2.75) is 6.11 Å². The lowest BCUT2D eigenvalue weighted by Gasteiger charge is -2.17. The van der Waals surface area contributed by atoms with E-state index in [1.54, 1.807) is 0 Å². The maximum absolute atomic E-state index is 13.3. The minimum atomic E-state index is -3.94. The molecule has 0 fully saturated rings. The first-order valence-electron chi connectivity index (χ1n) is 4.58. The average Bonchev–Trinajstić information content (AvgIpc) is 2.26. The Kier molecular flexibility index (Phi) is 4.38. The molecule has 0 spiro atoms. The second-order valence-electron chi connectivity index (χ2n) is 3.15. The molecule has 0 saturated heterocycles. The third-order valence-corrected chi connectivity index (χ3v) is 1.90. The number of ether oxygens (including phenoxy) is 2. The molecule has 0 unspecified atom stereocenters. The molecule has 17 heavy (non-hydrogen) atoms. The van der Waals surface area contributed by atoms with Gasteiger partial charge in [0.05, 0.1) is 19.2 Å². The first kappa shape index (κ1) is 13.8.